The van der Waals surface area contributed by atoms with Crippen LogP contribution in [0.5, 0.6) is 11.5 Å². The minimum atomic E-state index is 0.235. The third-order valence-corrected chi connectivity index (χ3v) is 4.37. The highest BCUT2D eigenvalue weighted by molar-refractivity contribution is 5.77. The van der Waals surface area contributed by atoms with Crippen molar-refractivity contribution in [1.29, 1.82) is 0 Å². The molecule has 1 aliphatic heterocycles. The first-order valence-electron chi connectivity index (χ1n) is 8.09. The third-order valence-electron chi connectivity index (χ3n) is 4.37. The zero-order chi connectivity index (χ0) is 17.6. The SMILES string of the molecule is COc1c/c(=C2\C=c3c(O)cccc3=N2)[nH]c1=Cc1[nH]c(C)cc1C. The van der Waals surface area contributed by atoms with Gasteiger partial charge in [0.1, 0.15) is 11.5 Å². The Morgan fingerprint density at radius 1 is 1.16 bits per heavy atom. The van der Waals surface area contributed by atoms with E-state index < -0.39 is 0 Å². The minimum Gasteiger partial charge on any atom is -0.507 e. The number of hydrogen-bond donors (Lipinski definition) is 3. The van der Waals surface area contributed by atoms with Crippen LogP contribution in [0.15, 0.2) is 35.3 Å². The molecule has 0 saturated carbocycles. The Morgan fingerprint density at radius 2 is 2.00 bits per heavy atom. The Balaban J connectivity index is 1.94. The molecule has 0 fully saturated rings. The lowest BCUT2D eigenvalue weighted by molar-refractivity contribution is 0.412. The number of H-pyrrole nitrogens is 2. The van der Waals surface area contributed by atoms with Crippen LogP contribution in [-0.2, 0) is 0 Å². The zero-order valence-electron chi connectivity index (χ0n) is 14.3. The van der Waals surface area contributed by atoms with Crippen LogP contribution in [0.4, 0.5) is 0 Å². The van der Waals surface area contributed by atoms with Crippen LogP contribution in [0, 0.1) is 13.8 Å². The van der Waals surface area contributed by atoms with Crippen molar-refractivity contribution >= 4 is 17.8 Å². The molecule has 5 nitrogen and oxygen atoms in total. The Morgan fingerprint density at radius 3 is 2.68 bits per heavy atom. The van der Waals surface area contributed by atoms with Crippen LogP contribution >= 0.6 is 0 Å². The van der Waals surface area contributed by atoms with E-state index in [1.54, 1.807) is 19.2 Å². The summed E-state index contributed by atoms with van der Waals surface area (Å²) in [4.78, 5) is 11.3. The molecule has 0 spiro atoms. The van der Waals surface area contributed by atoms with Gasteiger partial charge < -0.3 is 19.8 Å². The van der Waals surface area contributed by atoms with Gasteiger partial charge >= 0.3 is 0 Å². The standard InChI is InChI=1S/C20H19N3O2/c1-11-7-12(2)21-15(11)9-18-20(25-3)10-17(23-18)16-8-13-14(22-16)5-4-6-19(13)24/h4-10,21,23-24H,1-3H3/b17-16-,18-9?. The van der Waals surface area contributed by atoms with Crippen LogP contribution in [-0.4, -0.2) is 22.2 Å². The van der Waals surface area contributed by atoms with E-state index in [0.29, 0.717) is 0 Å². The van der Waals surface area contributed by atoms with Crippen molar-refractivity contribution in [3.05, 3.63) is 68.6 Å². The molecule has 0 radical (unpaired) electrons. The van der Waals surface area contributed by atoms with Gasteiger partial charge in [-0.25, -0.2) is 4.99 Å². The molecule has 3 N–H and O–H groups in total. The van der Waals surface area contributed by atoms with E-state index in [0.717, 1.165) is 44.1 Å². The number of aryl methyl sites for hydroxylation is 2. The van der Waals surface area contributed by atoms with Crippen molar-refractivity contribution in [2.24, 2.45) is 4.99 Å². The van der Waals surface area contributed by atoms with Gasteiger partial charge in [0.05, 0.1) is 28.9 Å². The fraction of sp³-hybridized carbons (Fsp3) is 0.150. The quantitative estimate of drug-likeness (QED) is 0.647. The van der Waals surface area contributed by atoms with Gasteiger partial charge in [0.25, 0.3) is 0 Å². The molecule has 126 valence electrons. The Labute approximate surface area is 144 Å². The van der Waals surface area contributed by atoms with Crippen molar-refractivity contribution in [2.45, 2.75) is 13.8 Å². The average Bonchev–Trinajstić information content (AvgIpc) is 3.25. The predicted octanol–water partition coefficient (Wildman–Crippen LogP) is 0.725. The summed E-state index contributed by atoms with van der Waals surface area (Å²) in [5.41, 5.74) is 4.11. The molecule has 1 aromatic carbocycles. The number of fused-ring (bicyclic) bond motifs is 1. The van der Waals surface area contributed by atoms with Crippen molar-refractivity contribution in [3.8, 4) is 11.5 Å². The number of phenolic OH excluding ortho intramolecular Hbond substituents is 1. The van der Waals surface area contributed by atoms with E-state index >= 15 is 0 Å². The summed E-state index contributed by atoms with van der Waals surface area (Å²) in [5.74, 6) is 0.983. The molecule has 0 saturated heterocycles. The van der Waals surface area contributed by atoms with Crippen LogP contribution in [0.25, 0.3) is 17.8 Å². The molecule has 3 heterocycles. The number of nitrogens with one attached hydrogen (secondary N) is 2. The van der Waals surface area contributed by atoms with E-state index in [4.69, 9.17) is 4.74 Å². The second-order valence-corrected chi connectivity index (χ2v) is 6.21. The number of phenols is 1. The van der Waals surface area contributed by atoms with Crippen LogP contribution in [0.3, 0.4) is 0 Å². The number of methoxy groups -OCH3 is 1. The topological polar surface area (TPSA) is 73.4 Å². The smallest absolute Gasteiger partial charge is 0.144 e. The van der Waals surface area contributed by atoms with Crippen LogP contribution in [0.1, 0.15) is 17.0 Å². The van der Waals surface area contributed by atoms with E-state index in [2.05, 4.69) is 28.0 Å². The maximum absolute atomic E-state index is 9.98. The number of hydrogen-bond acceptors (Lipinski definition) is 3. The highest BCUT2D eigenvalue weighted by Gasteiger charge is 2.08. The molecule has 0 unspecified atom stereocenters. The van der Waals surface area contributed by atoms with Crippen molar-refractivity contribution in [2.75, 3.05) is 7.11 Å². The Kier molecular flexibility index (Phi) is 3.50. The Bertz CT molecular complexity index is 1210. The summed E-state index contributed by atoms with van der Waals surface area (Å²) >= 11 is 0. The van der Waals surface area contributed by atoms with Gasteiger partial charge in [-0.05, 0) is 49.8 Å². The second-order valence-electron chi connectivity index (χ2n) is 6.21. The highest BCUT2D eigenvalue weighted by Crippen LogP contribution is 2.11. The molecule has 0 aliphatic carbocycles. The van der Waals surface area contributed by atoms with Gasteiger partial charge in [0, 0.05) is 22.7 Å². The lowest BCUT2D eigenvalue weighted by Crippen LogP contribution is -2.20. The van der Waals surface area contributed by atoms with E-state index in [-0.39, 0.29) is 5.75 Å². The molecular formula is C20H19N3O2. The summed E-state index contributed by atoms with van der Waals surface area (Å²) in [6.45, 7) is 4.10. The molecule has 2 aromatic heterocycles. The Hall–Kier alpha value is -3.21. The zero-order valence-corrected chi connectivity index (χ0v) is 14.3. The van der Waals surface area contributed by atoms with Gasteiger partial charge in [0.15, 0.2) is 0 Å². The summed E-state index contributed by atoms with van der Waals surface area (Å²) in [6, 6.07) is 9.38. The molecule has 4 rings (SSSR count). The summed E-state index contributed by atoms with van der Waals surface area (Å²) in [5, 5.41) is 13.2. The molecule has 0 amide bonds. The largest absolute Gasteiger partial charge is 0.507 e. The van der Waals surface area contributed by atoms with Gasteiger partial charge in [-0.3, -0.25) is 0 Å². The van der Waals surface area contributed by atoms with Crippen LogP contribution < -0.4 is 26.0 Å². The summed E-state index contributed by atoms with van der Waals surface area (Å²) < 4.78 is 5.51. The second kappa shape index (κ2) is 5.70. The van der Waals surface area contributed by atoms with Crippen molar-refractivity contribution < 1.29 is 9.84 Å². The maximum atomic E-state index is 9.98. The van der Waals surface area contributed by atoms with Crippen molar-refractivity contribution in [3.63, 3.8) is 0 Å². The third kappa shape index (κ3) is 2.63. The van der Waals surface area contributed by atoms with E-state index in [1.165, 1.54) is 5.56 Å². The monoisotopic (exact) mass is 333 g/mol. The number of aromatic amines is 2. The number of nitrogens with zero attached hydrogens (tertiary/aromatic N) is 1. The minimum absolute atomic E-state index is 0.235. The lowest BCUT2D eigenvalue weighted by Gasteiger charge is -1.94. The van der Waals surface area contributed by atoms with Crippen LogP contribution in [0.2, 0.25) is 0 Å². The molecular weight excluding hydrogens is 314 g/mol. The molecule has 5 heteroatoms. The number of benzene rings is 1. The lowest BCUT2D eigenvalue weighted by atomic mass is 10.2. The number of ether oxygens (including phenoxy) is 1. The summed E-state index contributed by atoms with van der Waals surface area (Å²) in [6.07, 6.45) is 3.91. The van der Waals surface area contributed by atoms with Gasteiger partial charge in [-0.1, -0.05) is 6.07 Å². The fourth-order valence-corrected chi connectivity index (χ4v) is 3.13. The van der Waals surface area contributed by atoms with Gasteiger partial charge in [-0.2, -0.15) is 0 Å². The van der Waals surface area contributed by atoms with Crippen molar-refractivity contribution in [1.82, 2.24) is 9.97 Å². The number of aromatic hydroxyl groups is 1. The number of rotatable bonds is 2. The first-order valence-corrected chi connectivity index (χ1v) is 8.09. The molecule has 1 aliphatic rings. The summed E-state index contributed by atoms with van der Waals surface area (Å²) in [7, 11) is 1.65. The molecule has 25 heavy (non-hydrogen) atoms. The molecule has 0 bridgehead atoms. The number of aromatic nitrogens is 2. The highest BCUT2D eigenvalue weighted by atomic mass is 16.5. The van der Waals surface area contributed by atoms with Gasteiger partial charge in [-0.15, -0.1) is 0 Å². The van der Waals surface area contributed by atoms with E-state index in [9.17, 15) is 5.11 Å². The average molecular weight is 333 g/mol. The normalized spacial score (nSPS) is 15.7. The fourth-order valence-electron chi connectivity index (χ4n) is 3.13. The first kappa shape index (κ1) is 15.3. The molecule has 0 atom stereocenters. The van der Waals surface area contributed by atoms with Gasteiger partial charge in [0.2, 0.25) is 0 Å². The predicted molar refractivity (Wildman–Crippen MR) is 97.2 cm³/mol. The molecule has 3 aromatic rings. The van der Waals surface area contributed by atoms with E-state index in [1.807, 2.05) is 31.2 Å². The maximum Gasteiger partial charge on any atom is 0.144 e. The first-order chi connectivity index (χ1) is 12.0.